The molecule has 0 aliphatic heterocycles. The minimum Gasteiger partial charge on any atom is -0.481 e. The van der Waals surface area contributed by atoms with Crippen molar-refractivity contribution in [2.24, 2.45) is 7.05 Å². The molecule has 4 aromatic rings. The maximum absolute atomic E-state index is 12.8. The van der Waals surface area contributed by atoms with Gasteiger partial charge in [0.25, 0.3) is 11.8 Å². The second-order valence-corrected chi connectivity index (χ2v) is 7.66. The molecule has 3 heterocycles. The summed E-state index contributed by atoms with van der Waals surface area (Å²) in [4.78, 5) is 33.5. The maximum Gasteiger partial charge on any atom is 0.260 e. The Hall–Kier alpha value is -4.73. The zero-order valence-electron chi connectivity index (χ0n) is 19.5. The third kappa shape index (κ3) is 5.80. The Morgan fingerprint density at radius 1 is 1.06 bits per heavy atom. The minimum absolute atomic E-state index is 0.233. The number of carbonyl (C=O) groups excluding carboxylic acids is 2. The number of benzene rings is 1. The average molecular weight is 473 g/mol. The summed E-state index contributed by atoms with van der Waals surface area (Å²) < 4.78 is 12.6. The summed E-state index contributed by atoms with van der Waals surface area (Å²) in [7, 11) is 3.28. The average Bonchev–Trinajstić information content (AvgIpc) is 3.31. The molecule has 4 rings (SSSR count). The lowest BCUT2D eigenvalue weighted by atomic mass is 10.1. The molecule has 3 aromatic heterocycles. The molecule has 10 nitrogen and oxygen atoms in total. The first-order chi connectivity index (χ1) is 16.9. The summed E-state index contributed by atoms with van der Waals surface area (Å²) in [5.74, 6) is 1.26. The summed E-state index contributed by atoms with van der Waals surface area (Å²) in [6, 6.07) is 12.1. The van der Waals surface area contributed by atoms with Crippen LogP contribution in [-0.2, 0) is 13.6 Å². The highest BCUT2D eigenvalue weighted by molar-refractivity contribution is 6.03. The molecule has 0 saturated heterocycles. The number of aromatic nitrogens is 4. The van der Waals surface area contributed by atoms with Gasteiger partial charge < -0.3 is 20.1 Å². The Morgan fingerprint density at radius 3 is 2.63 bits per heavy atom. The number of amides is 2. The Balaban J connectivity index is 1.43. The largest absolute Gasteiger partial charge is 0.481 e. The third-order valence-electron chi connectivity index (χ3n) is 5.16. The molecule has 10 heteroatoms. The van der Waals surface area contributed by atoms with Gasteiger partial charge in [-0.2, -0.15) is 5.10 Å². The molecule has 0 aliphatic carbocycles. The number of hydrogen-bond donors (Lipinski definition) is 2. The van der Waals surface area contributed by atoms with Crippen molar-refractivity contribution in [1.29, 1.82) is 0 Å². The molecule has 0 unspecified atom stereocenters. The smallest absolute Gasteiger partial charge is 0.260 e. The third-order valence-corrected chi connectivity index (χ3v) is 5.16. The molecule has 0 saturated carbocycles. The van der Waals surface area contributed by atoms with E-state index in [9.17, 15) is 9.59 Å². The number of hydrogen-bond acceptors (Lipinski definition) is 7. The van der Waals surface area contributed by atoms with Crippen LogP contribution < -0.4 is 20.1 Å². The first-order valence-corrected chi connectivity index (χ1v) is 10.7. The summed E-state index contributed by atoms with van der Waals surface area (Å²) >= 11 is 0. The number of rotatable bonds is 8. The van der Waals surface area contributed by atoms with E-state index in [1.54, 1.807) is 67.6 Å². The van der Waals surface area contributed by atoms with Crippen LogP contribution in [0.25, 0.3) is 0 Å². The fraction of sp³-hybridized carbons (Fsp3) is 0.160. The fourth-order valence-electron chi connectivity index (χ4n) is 3.28. The molecule has 178 valence electrons. The molecule has 1 aromatic carbocycles. The van der Waals surface area contributed by atoms with E-state index in [4.69, 9.17) is 9.47 Å². The normalized spacial score (nSPS) is 10.5. The highest BCUT2D eigenvalue weighted by Gasteiger charge is 2.14. The van der Waals surface area contributed by atoms with Crippen LogP contribution in [-0.4, -0.2) is 38.7 Å². The van der Waals surface area contributed by atoms with Gasteiger partial charge >= 0.3 is 0 Å². The van der Waals surface area contributed by atoms with Crippen molar-refractivity contribution < 1.29 is 19.1 Å². The number of ether oxygens (including phenoxy) is 2. The van der Waals surface area contributed by atoms with Crippen molar-refractivity contribution in [2.75, 3.05) is 12.4 Å². The maximum atomic E-state index is 12.8. The minimum atomic E-state index is -0.329. The van der Waals surface area contributed by atoms with Crippen LogP contribution in [0, 0.1) is 6.92 Å². The molecule has 35 heavy (non-hydrogen) atoms. The Kier molecular flexibility index (Phi) is 7.01. The van der Waals surface area contributed by atoms with E-state index in [0.29, 0.717) is 46.4 Å². The van der Waals surface area contributed by atoms with Crippen molar-refractivity contribution in [1.82, 2.24) is 25.1 Å². The van der Waals surface area contributed by atoms with E-state index in [0.717, 1.165) is 5.56 Å². The van der Waals surface area contributed by atoms with Gasteiger partial charge in [0, 0.05) is 55.4 Å². The van der Waals surface area contributed by atoms with Gasteiger partial charge in [0.05, 0.1) is 18.9 Å². The molecular weight excluding hydrogens is 448 g/mol. The Bertz CT molecular complexity index is 1350. The first kappa shape index (κ1) is 23.4. The van der Waals surface area contributed by atoms with Crippen molar-refractivity contribution in [3.63, 3.8) is 0 Å². The van der Waals surface area contributed by atoms with Crippen LogP contribution in [0.5, 0.6) is 17.4 Å². The Labute approximate surface area is 201 Å². The first-order valence-electron chi connectivity index (χ1n) is 10.7. The topological polar surface area (TPSA) is 120 Å². The molecular formula is C25H24N6O4. The molecule has 0 aliphatic rings. The van der Waals surface area contributed by atoms with E-state index in [1.165, 1.54) is 12.4 Å². The van der Waals surface area contributed by atoms with Gasteiger partial charge in [-0.15, -0.1) is 0 Å². The number of aryl methyl sites for hydroxylation is 1. The lowest BCUT2D eigenvalue weighted by Gasteiger charge is -2.13. The fourth-order valence-corrected chi connectivity index (χ4v) is 3.28. The lowest BCUT2D eigenvalue weighted by Crippen LogP contribution is -2.23. The van der Waals surface area contributed by atoms with E-state index in [1.807, 2.05) is 13.0 Å². The summed E-state index contributed by atoms with van der Waals surface area (Å²) in [6.45, 7) is 2.14. The second-order valence-electron chi connectivity index (χ2n) is 7.66. The SMILES string of the molecule is COc1ccc(CNC(=O)c2cccc(Oc3ccnc(NC(=O)c4cnn(C)c4)c3)c2C)cn1. The van der Waals surface area contributed by atoms with Crippen LogP contribution in [0.2, 0.25) is 0 Å². The predicted octanol–water partition coefficient (Wildman–Crippen LogP) is 3.50. The monoisotopic (exact) mass is 472 g/mol. The van der Waals surface area contributed by atoms with Gasteiger partial charge in [0.15, 0.2) is 0 Å². The lowest BCUT2D eigenvalue weighted by molar-refractivity contribution is 0.0949. The van der Waals surface area contributed by atoms with Gasteiger partial charge in [-0.25, -0.2) is 9.97 Å². The van der Waals surface area contributed by atoms with E-state index in [-0.39, 0.29) is 11.8 Å². The number of carbonyl (C=O) groups is 2. The van der Waals surface area contributed by atoms with Gasteiger partial charge in [-0.3, -0.25) is 14.3 Å². The van der Waals surface area contributed by atoms with E-state index in [2.05, 4.69) is 25.7 Å². The van der Waals surface area contributed by atoms with Crippen molar-refractivity contribution in [3.8, 4) is 17.4 Å². The number of anilines is 1. The van der Waals surface area contributed by atoms with Crippen molar-refractivity contribution in [3.05, 3.63) is 89.5 Å². The number of pyridine rings is 2. The molecule has 2 amide bonds. The molecule has 0 fully saturated rings. The zero-order chi connectivity index (χ0) is 24.8. The standard InChI is InChI=1S/C25H24N6O4/c1-16-20(25(33)28-13-17-7-8-23(34-3)27-12-17)5-4-6-21(16)35-19-9-10-26-22(11-19)30-24(32)18-14-29-31(2)15-18/h4-12,14-15H,13H2,1-3H3,(H,28,33)(H,26,30,32). The quantitative estimate of drug-likeness (QED) is 0.403. The van der Waals surface area contributed by atoms with Gasteiger partial charge in [-0.05, 0) is 30.7 Å². The van der Waals surface area contributed by atoms with Gasteiger partial charge in [0.2, 0.25) is 5.88 Å². The summed E-state index contributed by atoms with van der Waals surface area (Å²) in [6.07, 6.45) is 6.27. The number of nitrogens with one attached hydrogen (secondary N) is 2. The number of nitrogens with zero attached hydrogens (tertiary/aromatic N) is 4. The van der Waals surface area contributed by atoms with Crippen LogP contribution >= 0.6 is 0 Å². The van der Waals surface area contributed by atoms with Crippen molar-refractivity contribution >= 4 is 17.6 Å². The summed E-state index contributed by atoms with van der Waals surface area (Å²) in [5, 5.41) is 9.61. The van der Waals surface area contributed by atoms with Crippen LogP contribution in [0.1, 0.15) is 31.8 Å². The highest BCUT2D eigenvalue weighted by Crippen LogP contribution is 2.28. The van der Waals surface area contributed by atoms with Crippen LogP contribution in [0.15, 0.2) is 67.3 Å². The zero-order valence-corrected chi connectivity index (χ0v) is 19.5. The molecule has 0 radical (unpaired) electrons. The number of methoxy groups -OCH3 is 1. The van der Waals surface area contributed by atoms with Crippen molar-refractivity contribution in [2.45, 2.75) is 13.5 Å². The molecule has 2 N–H and O–H groups in total. The molecule has 0 spiro atoms. The highest BCUT2D eigenvalue weighted by atomic mass is 16.5. The van der Waals surface area contributed by atoms with Crippen LogP contribution in [0.3, 0.4) is 0 Å². The van der Waals surface area contributed by atoms with E-state index < -0.39 is 0 Å². The second kappa shape index (κ2) is 10.5. The summed E-state index contributed by atoms with van der Waals surface area (Å²) in [5.41, 5.74) is 2.43. The Morgan fingerprint density at radius 2 is 1.91 bits per heavy atom. The molecule has 0 atom stereocenters. The van der Waals surface area contributed by atoms with Gasteiger partial charge in [0.1, 0.15) is 17.3 Å². The van der Waals surface area contributed by atoms with Crippen LogP contribution in [0.4, 0.5) is 5.82 Å². The predicted molar refractivity (Wildman–Crippen MR) is 129 cm³/mol. The van der Waals surface area contributed by atoms with E-state index >= 15 is 0 Å². The van der Waals surface area contributed by atoms with Gasteiger partial charge in [-0.1, -0.05) is 12.1 Å². The molecule has 0 bridgehead atoms.